The maximum absolute atomic E-state index is 12.8. The molecular weight excluding hydrogens is 360 g/mol. The summed E-state index contributed by atoms with van der Waals surface area (Å²) in [7, 11) is 0. The molecule has 2 heterocycles. The van der Waals surface area contributed by atoms with E-state index in [2.05, 4.69) is 6.58 Å². The van der Waals surface area contributed by atoms with Gasteiger partial charge in [0.1, 0.15) is 12.3 Å². The minimum absolute atomic E-state index is 0.0356. The number of carbonyl (C=O) groups is 2. The van der Waals surface area contributed by atoms with Crippen molar-refractivity contribution >= 4 is 40.4 Å². The van der Waals surface area contributed by atoms with Gasteiger partial charge in [-0.2, -0.15) is 0 Å². The predicted octanol–water partition coefficient (Wildman–Crippen LogP) is 3.34. The molecular formula is C18H17ClN2O3S. The molecule has 25 heavy (non-hydrogen) atoms. The second-order valence-electron chi connectivity index (χ2n) is 5.51. The number of para-hydroxylation sites is 2. The van der Waals surface area contributed by atoms with Crippen LogP contribution in [0.1, 0.15) is 4.88 Å². The Labute approximate surface area is 155 Å². The molecule has 2 amide bonds. The van der Waals surface area contributed by atoms with Crippen LogP contribution in [0.25, 0.3) is 0 Å². The summed E-state index contributed by atoms with van der Waals surface area (Å²) in [6.07, 6.45) is 1.67. The van der Waals surface area contributed by atoms with E-state index in [0.29, 0.717) is 28.9 Å². The van der Waals surface area contributed by atoms with Gasteiger partial charge in [0, 0.05) is 11.4 Å². The third-order valence-electron chi connectivity index (χ3n) is 3.78. The van der Waals surface area contributed by atoms with Crippen LogP contribution in [0.2, 0.25) is 4.34 Å². The van der Waals surface area contributed by atoms with E-state index in [1.54, 1.807) is 29.2 Å². The van der Waals surface area contributed by atoms with Gasteiger partial charge in [-0.15, -0.1) is 17.9 Å². The van der Waals surface area contributed by atoms with Crippen molar-refractivity contribution in [1.29, 1.82) is 0 Å². The average Bonchev–Trinajstić information content (AvgIpc) is 3.02. The zero-order valence-corrected chi connectivity index (χ0v) is 15.1. The number of ether oxygens (including phenoxy) is 1. The maximum atomic E-state index is 12.8. The number of benzene rings is 1. The molecule has 130 valence electrons. The molecule has 1 aliphatic rings. The molecule has 1 aromatic carbocycles. The Morgan fingerprint density at radius 3 is 2.88 bits per heavy atom. The lowest BCUT2D eigenvalue weighted by Gasteiger charge is -2.30. The van der Waals surface area contributed by atoms with Crippen molar-refractivity contribution in [3.05, 3.63) is 58.3 Å². The minimum atomic E-state index is -0.232. The molecule has 0 radical (unpaired) electrons. The first kappa shape index (κ1) is 17.5. The van der Waals surface area contributed by atoms with Crippen LogP contribution >= 0.6 is 22.9 Å². The number of amides is 2. The molecule has 7 heteroatoms. The lowest BCUT2D eigenvalue weighted by atomic mass is 10.2. The second kappa shape index (κ2) is 7.72. The summed E-state index contributed by atoms with van der Waals surface area (Å²) in [6.45, 7) is 4.44. The van der Waals surface area contributed by atoms with Crippen molar-refractivity contribution in [3.63, 3.8) is 0 Å². The second-order valence-corrected chi connectivity index (χ2v) is 7.30. The first-order valence-corrected chi connectivity index (χ1v) is 8.93. The van der Waals surface area contributed by atoms with Crippen molar-refractivity contribution in [2.75, 3.05) is 24.6 Å². The fourth-order valence-corrected chi connectivity index (χ4v) is 3.70. The molecule has 2 aromatic rings. The first-order valence-electron chi connectivity index (χ1n) is 7.73. The van der Waals surface area contributed by atoms with Gasteiger partial charge in [-0.25, -0.2) is 0 Å². The van der Waals surface area contributed by atoms with Gasteiger partial charge in [-0.05, 0) is 24.3 Å². The predicted molar refractivity (Wildman–Crippen MR) is 99.2 cm³/mol. The molecule has 0 saturated heterocycles. The summed E-state index contributed by atoms with van der Waals surface area (Å²) in [5.74, 6) is 0.217. The van der Waals surface area contributed by atoms with Crippen LogP contribution in [0.3, 0.4) is 0 Å². The van der Waals surface area contributed by atoms with Gasteiger partial charge in [0.05, 0.1) is 16.6 Å². The number of nitrogens with zero attached hydrogens (tertiary/aromatic N) is 2. The highest BCUT2D eigenvalue weighted by molar-refractivity contribution is 7.16. The summed E-state index contributed by atoms with van der Waals surface area (Å²) in [4.78, 5) is 29.1. The van der Waals surface area contributed by atoms with E-state index in [4.69, 9.17) is 16.3 Å². The van der Waals surface area contributed by atoms with Crippen LogP contribution < -0.4 is 9.64 Å². The normalized spacial score (nSPS) is 13.2. The summed E-state index contributed by atoms with van der Waals surface area (Å²) in [5, 5.41) is 0. The molecule has 0 aliphatic carbocycles. The molecule has 5 nitrogen and oxygen atoms in total. The van der Waals surface area contributed by atoms with Gasteiger partial charge in [-0.3, -0.25) is 14.5 Å². The van der Waals surface area contributed by atoms with E-state index in [1.165, 1.54) is 16.2 Å². The van der Waals surface area contributed by atoms with E-state index in [1.807, 2.05) is 18.2 Å². The fraction of sp³-hybridized carbons (Fsp3) is 0.222. The highest BCUT2D eigenvalue weighted by Crippen LogP contribution is 2.31. The zero-order valence-electron chi connectivity index (χ0n) is 13.5. The van der Waals surface area contributed by atoms with Gasteiger partial charge < -0.3 is 9.64 Å². The molecule has 0 atom stereocenters. The molecule has 0 saturated carbocycles. The zero-order chi connectivity index (χ0) is 17.8. The number of anilines is 1. The SMILES string of the molecule is C=CCN(Cc1ccc(Cl)s1)C(=O)CN1C(=O)COc2ccccc21. The standard InChI is InChI=1S/C18H17ClN2O3S/c1-2-9-20(10-13-7-8-16(19)25-13)17(22)11-21-14-5-3-4-6-15(14)24-12-18(21)23/h2-8H,1,9-12H2. The molecule has 1 aliphatic heterocycles. The van der Waals surface area contributed by atoms with E-state index >= 15 is 0 Å². The van der Waals surface area contributed by atoms with Gasteiger partial charge in [0.15, 0.2) is 6.61 Å². The quantitative estimate of drug-likeness (QED) is 0.726. The highest BCUT2D eigenvalue weighted by atomic mass is 35.5. The van der Waals surface area contributed by atoms with Crippen molar-refractivity contribution in [2.24, 2.45) is 0 Å². The minimum Gasteiger partial charge on any atom is -0.482 e. The average molecular weight is 377 g/mol. The van der Waals surface area contributed by atoms with Gasteiger partial charge in [-0.1, -0.05) is 29.8 Å². The lowest BCUT2D eigenvalue weighted by molar-refractivity contribution is -0.132. The summed E-state index contributed by atoms with van der Waals surface area (Å²) < 4.78 is 6.09. The van der Waals surface area contributed by atoms with Crippen molar-refractivity contribution < 1.29 is 14.3 Å². The number of fused-ring (bicyclic) bond motifs is 1. The summed E-state index contributed by atoms with van der Waals surface area (Å²) in [5.41, 5.74) is 0.616. The van der Waals surface area contributed by atoms with Crippen LogP contribution in [0.5, 0.6) is 5.75 Å². The number of thiophene rings is 1. The van der Waals surface area contributed by atoms with E-state index in [-0.39, 0.29) is 25.0 Å². The van der Waals surface area contributed by atoms with E-state index in [9.17, 15) is 9.59 Å². The monoisotopic (exact) mass is 376 g/mol. The maximum Gasteiger partial charge on any atom is 0.265 e. The van der Waals surface area contributed by atoms with Crippen LogP contribution in [-0.2, 0) is 16.1 Å². The van der Waals surface area contributed by atoms with E-state index in [0.717, 1.165) is 4.88 Å². The topological polar surface area (TPSA) is 49.9 Å². The number of rotatable bonds is 6. The third kappa shape index (κ3) is 4.03. The van der Waals surface area contributed by atoms with Crippen molar-refractivity contribution in [1.82, 2.24) is 4.90 Å². The first-order chi connectivity index (χ1) is 12.1. The Balaban J connectivity index is 1.76. The number of hydrogen-bond acceptors (Lipinski definition) is 4. The van der Waals surface area contributed by atoms with Crippen molar-refractivity contribution in [3.8, 4) is 5.75 Å². The number of hydrogen-bond donors (Lipinski definition) is 0. The molecule has 3 rings (SSSR count). The highest BCUT2D eigenvalue weighted by Gasteiger charge is 2.28. The fourth-order valence-electron chi connectivity index (χ4n) is 2.60. The number of carbonyl (C=O) groups excluding carboxylic acids is 2. The Hall–Kier alpha value is -2.31. The summed E-state index contributed by atoms with van der Waals surface area (Å²) in [6, 6.07) is 10.9. The molecule has 1 aromatic heterocycles. The van der Waals surface area contributed by atoms with Gasteiger partial charge >= 0.3 is 0 Å². The van der Waals surface area contributed by atoms with Crippen LogP contribution in [0.4, 0.5) is 5.69 Å². The van der Waals surface area contributed by atoms with Crippen LogP contribution in [0.15, 0.2) is 49.1 Å². The largest absolute Gasteiger partial charge is 0.482 e. The molecule has 0 N–H and O–H groups in total. The number of halogens is 1. The Morgan fingerprint density at radius 1 is 1.36 bits per heavy atom. The Kier molecular flexibility index (Phi) is 5.40. The molecule has 0 unspecified atom stereocenters. The Morgan fingerprint density at radius 2 is 2.16 bits per heavy atom. The summed E-state index contributed by atoms with van der Waals surface area (Å²) >= 11 is 7.39. The molecule has 0 spiro atoms. The van der Waals surface area contributed by atoms with Gasteiger partial charge in [0.2, 0.25) is 5.91 Å². The van der Waals surface area contributed by atoms with E-state index < -0.39 is 0 Å². The smallest absolute Gasteiger partial charge is 0.265 e. The lowest BCUT2D eigenvalue weighted by Crippen LogP contribution is -2.46. The Bertz CT molecular complexity index is 805. The van der Waals surface area contributed by atoms with Crippen molar-refractivity contribution in [2.45, 2.75) is 6.54 Å². The molecule has 0 bridgehead atoms. The third-order valence-corrected chi connectivity index (χ3v) is 5.00. The van der Waals surface area contributed by atoms with Crippen LogP contribution in [0, 0.1) is 0 Å². The molecule has 0 fully saturated rings. The van der Waals surface area contributed by atoms with Gasteiger partial charge in [0.25, 0.3) is 5.91 Å². The van der Waals surface area contributed by atoms with Crippen LogP contribution in [-0.4, -0.2) is 36.4 Å².